The van der Waals surface area contributed by atoms with Crippen LogP contribution in [0.5, 0.6) is 0 Å². The third kappa shape index (κ3) is 2.81. The number of aromatic nitrogens is 1. The van der Waals surface area contributed by atoms with Crippen LogP contribution in [-0.4, -0.2) is 25.1 Å². The first kappa shape index (κ1) is 17.6. The third-order valence-corrected chi connectivity index (χ3v) is 7.61. The summed E-state index contributed by atoms with van der Waals surface area (Å²) in [6.07, 6.45) is 3.90. The summed E-state index contributed by atoms with van der Waals surface area (Å²) >= 11 is 0. The second-order valence-electron chi connectivity index (χ2n) is 7.78. The number of aryl methyl sites for hydroxylation is 1. The first-order valence-corrected chi connectivity index (χ1v) is 10.3. The van der Waals surface area contributed by atoms with E-state index in [9.17, 15) is 13.2 Å². The molecule has 3 rings (SSSR count). The normalized spacial score (nSPS) is 28.6. The zero-order valence-corrected chi connectivity index (χ0v) is 15.4. The van der Waals surface area contributed by atoms with Crippen LogP contribution in [0, 0.1) is 16.7 Å². The molecule has 134 valence electrons. The second kappa shape index (κ2) is 5.95. The molecule has 0 saturated heterocycles. The fourth-order valence-corrected chi connectivity index (χ4v) is 6.27. The van der Waals surface area contributed by atoms with Crippen molar-refractivity contribution in [1.82, 2.24) is 9.88 Å². The molecule has 0 aromatic carbocycles. The van der Waals surface area contributed by atoms with Gasteiger partial charge < -0.3 is 4.52 Å². The molecule has 1 N–H and O–H groups in total. The van der Waals surface area contributed by atoms with Crippen LogP contribution in [0.3, 0.4) is 0 Å². The summed E-state index contributed by atoms with van der Waals surface area (Å²) in [4.78, 5) is 12.5. The number of ketones is 1. The molecule has 1 heterocycles. The molecule has 1 aromatic heterocycles. The number of hydrogen-bond donors (Lipinski definition) is 1. The number of rotatable bonds is 7. The summed E-state index contributed by atoms with van der Waals surface area (Å²) in [5.41, 5.74) is -0.159. The Morgan fingerprint density at radius 3 is 2.75 bits per heavy atom. The predicted octanol–water partition coefficient (Wildman–Crippen LogP) is 2.44. The Bertz CT molecular complexity index is 738. The number of carbonyl (C=O) groups is 1. The lowest BCUT2D eigenvalue weighted by molar-refractivity contribution is -0.128. The van der Waals surface area contributed by atoms with Crippen LogP contribution >= 0.6 is 0 Å². The van der Waals surface area contributed by atoms with E-state index in [4.69, 9.17) is 4.52 Å². The standard InChI is InChI=1S/C17H26N2O4S/c1-4-5-13-9-14(23-19-13)10-18-24(21,22)11-17-7-6-12(8-15(17)20)16(17,2)3/h9,12,18H,4-8,10-11H2,1-3H3/t12-,17-/m1/s1. The minimum atomic E-state index is -3.57. The van der Waals surface area contributed by atoms with Gasteiger partial charge in [-0.25, -0.2) is 13.1 Å². The van der Waals surface area contributed by atoms with Crippen molar-refractivity contribution in [3.8, 4) is 0 Å². The Labute approximate surface area is 143 Å². The lowest BCUT2D eigenvalue weighted by atomic mass is 9.70. The van der Waals surface area contributed by atoms with Gasteiger partial charge in [0.2, 0.25) is 10.0 Å². The minimum Gasteiger partial charge on any atom is -0.360 e. The summed E-state index contributed by atoms with van der Waals surface area (Å²) in [5, 5.41) is 3.92. The molecule has 7 heteroatoms. The number of carbonyl (C=O) groups excluding carboxylic acids is 1. The molecule has 6 nitrogen and oxygen atoms in total. The Balaban J connectivity index is 1.69. The highest BCUT2D eigenvalue weighted by Crippen LogP contribution is 2.64. The summed E-state index contributed by atoms with van der Waals surface area (Å²) < 4.78 is 32.9. The Hall–Kier alpha value is -1.21. The van der Waals surface area contributed by atoms with Gasteiger partial charge in [-0.2, -0.15) is 0 Å². The van der Waals surface area contributed by atoms with E-state index in [0.717, 1.165) is 25.0 Å². The number of nitrogens with zero attached hydrogens (tertiary/aromatic N) is 1. The molecule has 2 fully saturated rings. The first-order valence-electron chi connectivity index (χ1n) is 8.65. The van der Waals surface area contributed by atoms with Crippen molar-refractivity contribution in [2.75, 3.05) is 5.75 Å². The topological polar surface area (TPSA) is 89.3 Å². The molecule has 2 aliphatic carbocycles. The molecule has 2 aliphatic rings. The van der Waals surface area contributed by atoms with Crippen LogP contribution in [0.1, 0.15) is 57.9 Å². The van der Waals surface area contributed by atoms with Crippen molar-refractivity contribution in [3.05, 3.63) is 17.5 Å². The fourth-order valence-electron chi connectivity index (χ4n) is 4.48. The molecule has 0 aliphatic heterocycles. The third-order valence-electron chi connectivity index (χ3n) is 6.16. The van der Waals surface area contributed by atoms with Crippen molar-refractivity contribution in [1.29, 1.82) is 0 Å². The highest BCUT2D eigenvalue weighted by molar-refractivity contribution is 7.89. The summed E-state index contributed by atoms with van der Waals surface area (Å²) in [5.74, 6) is 0.795. The molecule has 0 unspecified atom stereocenters. The van der Waals surface area contributed by atoms with Crippen molar-refractivity contribution < 1.29 is 17.7 Å². The van der Waals surface area contributed by atoms with Gasteiger partial charge in [0, 0.05) is 17.9 Å². The van der Waals surface area contributed by atoms with Gasteiger partial charge in [0.05, 0.1) is 18.0 Å². The van der Waals surface area contributed by atoms with Gasteiger partial charge >= 0.3 is 0 Å². The fraction of sp³-hybridized carbons (Fsp3) is 0.765. The van der Waals surface area contributed by atoms with E-state index < -0.39 is 15.4 Å². The lowest BCUT2D eigenvalue weighted by Gasteiger charge is -2.36. The van der Waals surface area contributed by atoms with E-state index in [0.29, 0.717) is 24.5 Å². The van der Waals surface area contributed by atoms with Gasteiger partial charge in [-0.3, -0.25) is 4.79 Å². The van der Waals surface area contributed by atoms with E-state index in [-0.39, 0.29) is 23.5 Å². The molecule has 0 spiro atoms. The van der Waals surface area contributed by atoms with E-state index in [1.54, 1.807) is 6.07 Å². The van der Waals surface area contributed by atoms with Crippen LogP contribution in [-0.2, 0) is 27.8 Å². The molecule has 1 aromatic rings. The van der Waals surface area contributed by atoms with Gasteiger partial charge in [0.1, 0.15) is 5.78 Å². The number of nitrogens with one attached hydrogen (secondary N) is 1. The summed E-state index contributed by atoms with van der Waals surface area (Å²) in [7, 11) is -3.57. The average Bonchev–Trinajstić information content (AvgIpc) is 3.08. The van der Waals surface area contributed by atoms with Crippen LogP contribution < -0.4 is 4.72 Å². The molecule has 0 radical (unpaired) electrons. The quantitative estimate of drug-likeness (QED) is 0.812. The molecular weight excluding hydrogens is 328 g/mol. The number of hydrogen-bond acceptors (Lipinski definition) is 5. The molecule has 24 heavy (non-hydrogen) atoms. The maximum absolute atomic E-state index is 12.6. The molecule has 2 bridgehead atoms. The highest BCUT2D eigenvalue weighted by atomic mass is 32.2. The number of sulfonamides is 1. The van der Waals surface area contributed by atoms with Crippen molar-refractivity contribution in [3.63, 3.8) is 0 Å². The van der Waals surface area contributed by atoms with Gasteiger partial charge in [0.15, 0.2) is 5.76 Å². The SMILES string of the molecule is CCCc1cc(CNS(=O)(=O)C[C@]23CC[C@H](CC2=O)C3(C)C)on1. The van der Waals surface area contributed by atoms with E-state index in [2.05, 4.69) is 9.88 Å². The maximum atomic E-state index is 12.6. The van der Waals surface area contributed by atoms with Crippen LogP contribution in [0.25, 0.3) is 0 Å². The monoisotopic (exact) mass is 354 g/mol. The first-order chi connectivity index (χ1) is 11.2. The van der Waals surface area contributed by atoms with Crippen molar-refractivity contribution >= 4 is 15.8 Å². The largest absolute Gasteiger partial charge is 0.360 e. The van der Waals surface area contributed by atoms with Crippen LogP contribution in [0.4, 0.5) is 0 Å². The van der Waals surface area contributed by atoms with Crippen molar-refractivity contribution in [2.45, 2.75) is 59.4 Å². The Morgan fingerprint density at radius 2 is 2.17 bits per heavy atom. The molecular formula is C17H26N2O4S. The molecule has 2 saturated carbocycles. The van der Waals surface area contributed by atoms with Gasteiger partial charge in [-0.15, -0.1) is 0 Å². The molecule has 0 amide bonds. The van der Waals surface area contributed by atoms with E-state index in [1.807, 2.05) is 20.8 Å². The predicted molar refractivity (Wildman–Crippen MR) is 89.7 cm³/mol. The Kier molecular flexibility index (Phi) is 4.36. The van der Waals surface area contributed by atoms with Gasteiger partial charge in [-0.05, 0) is 30.6 Å². The van der Waals surface area contributed by atoms with Gasteiger partial charge in [0.25, 0.3) is 0 Å². The maximum Gasteiger partial charge on any atom is 0.213 e. The Morgan fingerprint density at radius 1 is 1.42 bits per heavy atom. The molecule has 2 atom stereocenters. The second-order valence-corrected chi connectivity index (χ2v) is 9.59. The summed E-state index contributed by atoms with van der Waals surface area (Å²) in [6, 6.07) is 1.78. The summed E-state index contributed by atoms with van der Waals surface area (Å²) in [6.45, 7) is 6.20. The van der Waals surface area contributed by atoms with E-state index >= 15 is 0 Å². The lowest BCUT2D eigenvalue weighted by Crippen LogP contribution is -2.45. The number of Topliss-reactive ketones (excluding diaryl/α,β-unsaturated/α-hetero) is 1. The smallest absolute Gasteiger partial charge is 0.213 e. The van der Waals surface area contributed by atoms with Gasteiger partial charge in [-0.1, -0.05) is 32.3 Å². The number of fused-ring (bicyclic) bond motifs is 2. The zero-order chi connectivity index (χ0) is 17.6. The highest BCUT2D eigenvalue weighted by Gasteiger charge is 2.65. The average molecular weight is 354 g/mol. The van der Waals surface area contributed by atoms with Crippen LogP contribution in [0.2, 0.25) is 0 Å². The zero-order valence-electron chi connectivity index (χ0n) is 14.6. The van der Waals surface area contributed by atoms with E-state index in [1.165, 1.54) is 0 Å². The minimum absolute atomic E-state index is 0.0766. The van der Waals surface area contributed by atoms with Crippen LogP contribution in [0.15, 0.2) is 10.6 Å². The van der Waals surface area contributed by atoms with Crippen molar-refractivity contribution in [2.24, 2.45) is 16.7 Å².